The van der Waals surface area contributed by atoms with Crippen molar-refractivity contribution in [2.75, 3.05) is 0 Å². The summed E-state index contributed by atoms with van der Waals surface area (Å²) in [5.74, 6) is 0.354. The van der Waals surface area contributed by atoms with E-state index in [1.807, 2.05) is 18.2 Å². The summed E-state index contributed by atoms with van der Waals surface area (Å²) in [6, 6.07) is 5.50. The molecule has 1 nitrogen and oxygen atoms in total. The van der Waals surface area contributed by atoms with Gasteiger partial charge in [0.15, 0.2) is 0 Å². The maximum absolute atomic E-state index is 11.4. The topological polar surface area (TPSA) is 17.1 Å². The van der Waals surface area contributed by atoms with Gasteiger partial charge in [-0.15, -0.1) is 11.8 Å². The van der Waals surface area contributed by atoms with Gasteiger partial charge in [0.1, 0.15) is 5.78 Å². The molecule has 1 aliphatic rings. The highest BCUT2D eigenvalue weighted by atomic mass is 35.5. The molecule has 0 heterocycles. The van der Waals surface area contributed by atoms with Crippen molar-refractivity contribution in [1.29, 1.82) is 0 Å². The van der Waals surface area contributed by atoms with Gasteiger partial charge in [-0.1, -0.05) is 29.3 Å². The number of hydrogen-bond acceptors (Lipinski definition) is 2. The number of ketones is 1. The van der Waals surface area contributed by atoms with Gasteiger partial charge in [-0.2, -0.15) is 0 Å². The summed E-state index contributed by atoms with van der Waals surface area (Å²) in [5, 5.41) is 1.68. The predicted octanol–water partition coefficient (Wildman–Crippen LogP) is 4.60. The first kappa shape index (κ1) is 12.3. The molecule has 1 aromatic carbocycles. The lowest BCUT2D eigenvalue weighted by molar-refractivity contribution is -0.120. The molecule has 0 aliphatic heterocycles. The smallest absolute Gasteiger partial charge is 0.134 e. The first-order chi connectivity index (χ1) is 7.66. The quantitative estimate of drug-likeness (QED) is 0.784. The van der Waals surface area contributed by atoms with Crippen molar-refractivity contribution in [2.24, 2.45) is 0 Å². The van der Waals surface area contributed by atoms with Crippen molar-refractivity contribution in [3.05, 3.63) is 28.2 Å². The van der Waals surface area contributed by atoms with Crippen LogP contribution < -0.4 is 0 Å². The van der Waals surface area contributed by atoms with Gasteiger partial charge in [-0.25, -0.2) is 0 Å². The largest absolute Gasteiger partial charge is 0.300 e. The fourth-order valence-electron chi connectivity index (χ4n) is 1.85. The Morgan fingerprint density at radius 2 is 1.94 bits per heavy atom. The lowest BCUT2D eigenvalue weighted by atomic mass is 9.99. The molecule has 1 aliphatic carbocycles. The van der Waals surface area contributed by atoms with Crippen LogP contribution in [0, 0.1) is 0 Å². The summed E-state index contributed by atoms with van der Waals surface area (Å²) >= 11 is 13.8. The Bertz CT molecular complexity index is 386. The van der Waals surface area contributed by atoms with Crippen LogP contribution in [-0.4, -0.2) is 11.0 Å². The van der Waals surface area contributed by atoms with Crippen LogP contribution in [-0.2, 0) is 4.79 Å². The van der Waals surface area contributed by atoms with E-state index in [9.17, 15) is 4.79 Å². The van der Waals surface area contributed by atoms with Crippen LogP contribution >= 0.6 is 35.0 Å². The molecule has 1 aromatic rings. The first-order valence-corrected chi connectivity index (χ1v) is 6.93. The molecule has 0 bridgehead atoms. The van der Waals surface area contributed by atoms with Crippen LogP contribution in [0.15, 0.2) is 23.1 Å². The van der Waals surface area contributed by atoms with E-state index in [0.717, 1.165) is 24.2 Å². The third kappa shape index (κ3) is 2.93. The highest BCUT2D eigenvalue weighted by Crippen LogP contribution is 2.40. The Balaban J connectivity index is 2.11. The first-order valence-electron chi connectivity index (χ1n) is 5.29. The van der Waals surface area contributed by atoms with E-state index in [2.05, 4.69) is 0 Å². The summed E-state index contributed by atoms with van der Waals surface area (Å²) < 4.78 is 0. The Labute approximate surface area is 110 Å². The van der Waals surface area contributed by atoms with Gasteiger partial charge in [-0.3, -0.25) is 4.79 Å². The Kier molecular flexibility index (Phi) is 4.17. The highest BCUT2D eigenvalue weighted by Gasteiger charge is 2.22. The van der Waals surface area contributed by atoms with Gasteiger partial charge >= 0.3 is 0 Å². The minimum atomic E-state index is 0.332. The van der Waals surface area contributed by atoms with Crippen LogP contribution in [0.25, 0.3) is 0 Å². The van der Waals surface area contributed by atoms with Gasteiger partial charge in [0.25, 0.3) is 0 Å². The second-order valence-corrected chi connectivity index (χ2v) is 6.05. The number of rotatable bonds is 2. The molecule has 1 fully saturated rings. The molecule has 0 spiro atoms. The zero-order valence-electron chi connectivity index (χ0n) is 8.71. The van der Waals surface area contributed by atoms with Gasteiger partial charge in [-0.05, 0) is 25.0 Å². The molecule has 2 rings (SSSR count). The van der Waals surface area contributed by atoms with Crippen LogP contribution in [0.4, 0.5) is 0 Å². The molecule has 0 aromatic heterocycles. The van der Waals surface area contributed by atoms with Crippen molar-refractivity contribution in [3.63, 3.8) is 0 Å². The number of thioether (sulfide) groups is 1. The summed E-state index contributed by atoms with van der Waals surface area (Å²) in [6.45, 7) is 0. The highest BCUT2D eigenvalue weighted by molar-refractivity contribution is 8.00. The molecule has 16 heavy (non-hydrogen) atoms. The molecule has 0 unspecified atom stereocenters. The van der Waals surface area contributed by atoms with E-state index < -0.39 is 0 Å². The average Bonchev–Trinajstić information content (AvgIpc) is 2.24. The maximum Gasteiger partial charge on any atom is 0.134 e. The van der Waals surface area contributed by atoms with Crippen molar-refractivity contribution in [3.8, 4) is 0 Å². The molecule has 0 N–H and O–H groups in total. The molecule has 1 saturated carbocycles. The van der Waals surface area contributed by atoms with Gasteiger partial charge in [0.05, 0.1) is 10.0 Å². The molecule has 1 atom stereocenters. The zero-order valence-corrected chi connectivity index (χ0v) is 11.0. The Hall–Kier alpha value is -0.180. The van der Waals surface area contributed by atoms with Crippen LogP contribution in [0.2, 0.25) is 10.0 Å². The number of Topliss-reactive ketones (excluding diaryl/α,β-unsaturated/α-hetero) is 1. The predicted molar refractivity (Wildman–Crippen MR) is 69.6 cm³/mol. The number of hydrogen-bond donors (Lipinski definition) is 0. The SMILES string of the molecule is O=C1CCC[C@@H](Sc2c(Cl)cccc2Cl)C1. The van der Waals surface area contributed by atoms with E-state index in [1.165, 1.54) is 0 Å². The molecule has 86 valence electrons. The number of benzene rings is 1. The molecular formula is C12H12Cl2OS. The van der Waals surface area contributed by atoms with Gasteiger partial charge in [0.2, 0.25) is 0 Å². The van der Waals surface area contributed by atoms with E-state index in [-0.39, 0.29) is 0 Å². The van der Waals surface area contributed by atoms with E-state index >= 15 is 0 Å². The van der Waals surface area contributed by atoms with Crippen molar-refractivity contribution < 1.29 is 4.79 Å². The number of carbonyl (C=O) groups is 1. The lowest BCUT2D eigenvalue weighted by Crippen LogP contribution is -2.16. The zero-order chi connectivity index (χ0) is 11.5. The van der Waals surface area contributed by atoms with Crippen molar-refractivity contribution >= 4 is 40.7 Å². The fraction of sp³-hybridized carbons (Fsp3) is 0.417. The minimum absolute atomic E-state index is 0.332. The monoisotopic (exact) mass is 274 g/mol. The second-order valence-electron chi connectivity index (χ2n) is 3.93. The van der Waals surface area contributed by atoms with Crippen molar-refractivity contribution in [1.82, 2.24) is 0 Å². The van der Waals surface area contributed by atoms with E-state index in [1.54, 1.807) is 11.8 Å². The summed E-state index contributed by atoms with van der Waals surface area (Å²) in [6.07, 6.45) is 3.43. The van der Waals surface area contributed by atoms with Crippen molar-refractivity contribution in [2.45, 2.75) is 35.8 Å². The molecule has 0 saturated heterocycles. The molecule has 0 amide bonds. The summed E-state index contributed by atoms with van der Waals surface area (Å²) in [7, 11) is 0. The Morgan fingerprint density at radius 1 is 1.25 bits per heavy atom. The molecule has 4 heteroatoms. The Morgan fingerprint density at radius 3 is 2.56 bits per heavy atom. The number of carbonyl (C=O) groups excluding carboxylic acids is 1. The van der Waals surface area contributed by atoms with Gasteiger partial charge in [0, 0.05) is 23.0 Å². The third-order valence-corrected chi connectivity index (χ3v) is 4.91. The van der Waals surface area contributed by atoms with Crippen LogP contribution in [0.1, 0.15) is 25.7 Å². The lowest BCUT2D eigenvalue weighted by Gasteiger charge is -2.21. The number of halogens is 2. The average molecular weight is 275 g/mol. The fourth-order valence-corrected chi connectivity index (χ4v) is 3.76. The summed E-state index contributed by atoms with van der Waals surface area (Å²) in [4.78, 5) is 12.3. The standard InChI is InChI=1S/C12H12Cl2OS/c13-10-5-2-6-11(14)12(10)16-9-4-1-3-8(15)7-9/h2,5-6,9H,1,3-4,7H2/t9-/m1/s1. The molecular weight excluding hydrogens is 263 g/mol. The minimum Gasteiger partial charge on any atom is -0.300 e. The van der Waals surface area contributed by atoms with Gasteiger partial charge < -0.3 is 0 Å². The van der Waals surface area contributed by atoms with E-state index in [0.29, 0.717) is 27.5 Å². The maximum atomic E-state index is 11.4. The normalized spacial score (nSPS) is 21.1. The second kappa shape index (κ2) is 5.44. The van der Waals surface area contributed by atoms with Crippen LogP contribution in [0.5, 0.6) is 0 Å². The van der Waals surface area contributed by atoms with E-state index in [4.69, 9.17) is 23.2 Å². The third-order valence-electron chi connectivity index (χ3n) is 2.64. The molecule has 0 radical (unpaired) electrons. The van der Waals surface area contributed by atoms with Crippen LogP contribution in [0.3, 0.4) is 0 Å². The summed E-state index contributed by atoms with van der Waals surface area (Å²) in [5.41, 5.74) is 0.